The number of allylic oxidation sites excluding steroid dienone is 1. The zero-order chi connectivity index (χ0) is 7.28. The maximum atomic E-state index is 10.2. The highest BCUT2D eigenvalue weighted by atomic mass is 35.5. The second-order valence-electron chi connectivity index (χ2n) is 1.54. The number of carboxylic acids is 1. The van der Waals surface area contributed by atoms with Crippen molar-refractivity contribution in [3.05, 3.63) is 11.6 Å². The molecule has 0 spiro atoms. The van der Waals surface area contributed by atoms with E-state index in [9.17, 15) is 4.79 Å². The Balaban J connectivity index is 3.98. The number of hydrogen-bond acceptors (Lipinski definition) is 1. The van der Waals surface area contributed by atoms with Crippen LogP contribution in [0.2, 0.25) is 0 Å². The zero-order valence-corrected chi connectivity index (χ0v) is 5.98. The Hall–Kier alpha value is -0.500. The van der Waals surface area contributed by atoms with Crippen molar-refractivity contribution in [1.29, 1.82) is 0 Å². The molecule has 0 saturated heterocycles. The minimum Gasteiger partial charge on any atom is -0.478 e. The van der Waals surface area contributed by atoms with Crippen LogP contribution in [-0.2, 0) is 4.79 Å². The van der Waals surface area contributed by atoms with E-state index in [1.54, 1.807) is 6.92 Å². The Kier molecular flexibility index (Phi) is 4.14. The van der Waals surface area contributed by atoms with E-state index in [2.05, 4.69) is 0 Å². The number of carbonyl (C=O) groups is 1. The predicted molar refractivity (Wildman–Crippen MR) is 36.7 cm³/mol. The van der Waals surface area contributed by atoms with Crippen LogP contribution < -0.4 is 0 Å². The normalized spacial score (nSPS) is 11.6. The summed E-state index contributed by atoms with van der Waals surface area (Å²) in [4.78, 5) is 10.2. The molecule has 0 aliphatic carbocycles. The van der Waals surface area contributed by atoms with Crippen molar-refractivity contribution >= 4 is 17.6 Å². The first-order valence-corrected chi connectivity index (χ1v) is 3.24. The summed E-state index contributed by atoms with van der Waals surface area (Å²) in [5.41, 5.74) is 0.380. The highest BCUT2D eigenvalue weighted by Gasteiger charge is 2.00. The smallest absolute Gasteiger partial charge is 0.331 e. The van der Waals surface area contributed by atoms with E-state index in [0.29, 0.717) is 12.0 Å². The standard InChI is InChI=1S/C6H9ClO2/c1-2-5(3-4-7)6(8)9/h3H,2,4H2,1H3,(H,8,9)/b5-3-. The molecular weight excluding hydrogens is 140 g/mol. The molecule has 3 heteroatoms. The Morgan fingerprint density at radius 3 is 2.44 bits per heavy atom. The summed E-state index contributed by atoms with van der Waals surface area (Å²) < 4.78 is 0. The van der Waals surface area contributed by atoms with Gasteiger partial charge in [-0.05, 0) is 6.42 Å². The first-order valence-electron chi connectivity index (χ1n) is 2.70. The van der Waals surface area contributed by atoms with Crippen LogP contribution in [-0.4, -0.2) is 17.0 Å². The molecule has 0 heterocycles. The maximum Gasteiger partial charge on any atom is 0.331 e. The van der Waals surface area contributed by atoms with Gasteiger partial charge in [0.1, 0.15) is 0 Å². The Morgan fingerprint density at radius 1 is 1.78 bits per heavy atom. The summed E-state index contributed by atoms with van der Waals surface area (Å²) in [5.74, 6) is -0.603. The van der Waals surface area contributed by atoms with Crippen molar-refractivity contribution in [3.8, 4) is 0 Å². The van der Waals surface area contributed by atoms with Gasteiger partial charge >= 0.3 is 5.97 Å². The van der Waals surface area contributed by atoms with E-state index in [1.165, 1.54) is 6.08 Å². The molecular formula is C6H9ClO2. The molecule has 52 valence electrons. The summed E-state index contributed by atoms with van der Waals surface area (Å²) in [6, 6.07) is 0. The van der Waals surface area contributed by atoms with Gasteiger partial charge < -0.3 is 5.11 Å². The van der Waals surface area contributed by atoms with Gasteiger partial charge in [0.15, 0.2) is 0 Å². The van der Waals surface area contributed by atoms with Gasteiger partial charge in [0.25, 0.3) is 0 Å². The number of hydrogen-bond donors (Lipinski definition) is 1. The minimum absolute atomic E-state index is 0.273. The van der Waals surface area contributed by atoms with Crippen LogP contribution in [0.5, 0.6) is 0 Å². The van der Waals surface area contributed by atoms with Gasteiger partial charge in [-0.25, -0.2) is 4.79 Å². The predicted octanol–water partition coefficient (Wildman–Crippen LogP) is 1.65. The van der Waals surface area contributed by atoms with Crippen molar-refractivity contribution in [2.45, 2.75) is 13.3 Å². The maximum absolute atomic E-state index is 10.2. The van der Waals surface area contributed by atoms with Gasteiger partial charge in [0.05, 0.1) is 0 Å². The average molecular weight is 149 g/mol. The van der Waals surface area contributed by atoms with Crippen molar-refractivity contribution in [1.82, 2.24) is 0 Å². The SMILES string of the molecule is CC/C(=C/CCl)C(=O)O. The summed E-state index contributed by atoms with van der Waals surface area (Å²) in [6.07, 6.45) is 2.03. The second kappa shape index (κ2) is 4.39. The monoisotopic (exact) mass is 148 g/mol. The molecule has 0 saturated carbocycles. The van der Waals surface area contributed by atoms with E-state index in [4.69, 9.17) is 16.7 Å². The molecule has 0 atom stereocenters. The van der Waals surface area contributed by atoms with Crippen molar-refractivity contribution < 1.29 is 9.90 Å². The van der Waals surface area contributed by atoms with Crippen LogP contribution in [0.3, 0.4) is 0 Å². The number of aliphatic carboxylic acids is 1. The molecule has 0 fully saturated rings. The third kappa shape index (κ3) is 3.14. The largest absolute Gasteiger partial charge is 0.478 e. The third-order valence-corrected chi connectivity index (χ3v) is 1.13. The molecule has 0 aromatic heterocycles. The van der Waals surface area contributed by atoms with Gasteiger partial charge in [0, 0.05) is 11.5 Å². The van der Waals surface area contributed by atoms with E-state index in [1.807, 2.05) is 0 Å². The molecule has 0 rings (SSSR count). The third-order valence-electron chi connectivity index (χ3n) is 0.979. The molecule has 0 radical (unpaired) electrons. The van der Waals surface area contributed by atoms with Crippen LogP contribution in [0.15, 0.2) is 11.6 Å². The molecule has 2 nitrogen and oxygen atoms in total. The average Bonchev–Trinajstić information content (AvgIpc) is 1.82. The molecule has 0 aliphatic heterocycles. The quantitative estimate of drug-likeness (QED) is 0.488. The van der Waals surface area contributed by atoms with Gasteiger partial charge in [-0.1, -0.05) is 13.0 Å². The fourth-order valence-electron chi connectivity index (χ4n) is 0.476. The highest BCUT2D eigenvalue weighted by molar-refractivity contribution is 6.19. The molecule has 0 aromatic carbocycles. The lowest BCUT2D eigenvalue weighted by molar-refractivity contribution is -0.132. The van der Waals surface area contributed by atoms with Crippen LogP contribution >= 0.6 is 11.6 Å². The van der Waals surface area contributed by atoms with Gasteiger partial charge in [-0.2, -0.15) is 0 Å². The highest BCUT2D eigenvalue weighted by Crippen LogP contribution is 1.99. The zero-order valence-electron chi connectivity index (χ0n) is 5.22. The van der Waals surface area contributed by atoms with Crippen molar-refractivity contribution in [2.75, 3.05) is 5.88 Å². The number of halogens is 1. The molecule has 0 bridgehead atoms. The molecule has 1 N–H and O–H groups in total. The van der Waals surface area contributed by atoms with Gasteiger partial charge in [-0.3, -0.25) is 0 Å². The van der Waals surface area contributed by atoms with E-state index >= 15 is 0 Å². The van der Waals surface area contributed by atoms with Gasteiger partial charge in [-0.15, -0.1) is 11.6 Å². The number of rotatable bonds is 3. The lowest BCUT2D eigenvalue weighted by Crippen LogP contribution is -1.98. The Bertz CT molecular complexity index is 129. The van der Waals surface area contributed by atoms with E-state index in [0.717, 1.165) is 0 Å². The summed E-state index contributed by atoms with van der Waals surface area (Å²) in [5, 5.41) is 8.38. The lowest BCUT2D eigenvalue weighted by Gasteiger charge is -1.92. The van der Waals surface area contributed by atoms with E-state index in [-0.39, 0.29) is 5.88 Å². The summed E-state index contributed by atoms with van der Waals surface area (Å²) in [7, 11) is 0. The minimum atomic E-state index is -0.877. The fraction of sp³-hybridized carbons (Fsp3) is 0.500. The van der Waals surface area contributed by atoms with Crippen molar-refractivity contribution in [3.63, 3.8) is 0 Å². The molecule has 0 amide bonds. The topological polar surface area (TPSA) is 37.3 Å². The van der Waals surface area contributed by atoms with Crippen LogP contribution in [0.1, 0.15) is 13.3 Å². The lowest BCUT2D eigenvalue weighted by atomic mass is 10.2. The summed E-state index contributed by atoms with van der Waals surface area (Å²) in [6.45, 7) is 1.78. The summed E-state index contributed by atoms with van der Waals surface area (Å²) >= 11 is 5.28. The first-order chi connectivity index (χ1) is 4.22. The molecule has 0 unspecified atom stereocenters. The van der Waals surface area contributed by atoms with E-state index < -0.39 is 5.97 Å². The van der Waals surface area contributed by atoms with Gasteiger partial charge in [0.2, 0.25) is 0 Å². The van der Waals surface area contributed by atoms with Crippen LogP contribution in [0.4, 0.5) is 0 Å². The second-order valence-corrected chi connectivity index (χ2v) is 1.85. The number of carboxylic acid groups (broad SMARTS) is 1. The molecule has 0 aromatic rings. The van der Waals surface area contributed by atoms with Crippen molar-refractivity contribution in [2.24, 2.45) is 0 Å². The molecule has 9 heavy (non-hydrogen) atoms. The molecule has 0 aliphatic rings. The van der Waals surface area contributed by atoms with Crippen LogP contribution in [0.25, 0.3) is 0 Å². The fourth-order valence-corrected chi connectivity index (χ4v) is 0.662. The number of alkyl halides is 1. The first kappa shape index (κ1) is 8.50. The van der Waals surface area contributed by atoms with Crippen LogP contribution in [0, 0.1) is 0 Å². The Morgan fingerprint density at radius 2 is 2.33 bits per heavy atom. The Labute approximate surface area is 59.1 Å².